The van der Waals surface area contributed by atoms with Crippen molar-refractivity contribution in [2.75, 3.05) is 6.61 Å². The van der Waals surface area contributed by atoms with Crippen molar-refractivity contribution in [1.82, 2.24) is 14.8 Å². The molecule has 1 aromatic rings. The van der Waals surface area contributed by atoms with E-state index in [1.807, 2.05) is 20.8 Å². The van der Waals surface area contributed by atoms with Crippen molar-refractivity contribution in [2.45, 2.75) is 32.9 Å². The molecule has 0 aromatic carbocycles. The fraction of sp³-hybridized carbons (Fsp3) is 0.750. The van der Waals surface area contributed by atoms with Crippen LogP contribution in [0, 0.1) is 13.8 Å². The second kappa shape index (κ2) is 3.85. The van der Waals surface area contributed by atoms with Crippen LogP contribution in [0.3, 0.4) is 0 Å². The standard InChI is InChI=1S/C8H16N4O/c1-5(9)8(4-13)12-7(3)10-6(2)11-12/h5,8,13H,4,9H2,1-3H3. The van der Waals surface area contributed by atoms with Crippen molar-refractivity contribution in [3.8, 4) is 0 Å². The van der Waals surface area contributed by atoms with E-state index in [-0.39, 0.29) is 18.7 Å². The van der Waals surface area contributed by atoms with Gasteiger partial charge < -0.3 is 10.8 Å². The monoisotopic (exact) mass is 184 g/mol. The van der Waals surface area contributed by atoms with E-state index in [1.54, 1.807) is 4.68 Å². The molecule has 0 bridgehead atoms. The summed E-state index contributed by atoms with van der Waals surface area (Å²) in [5.74, 6) is 1.49. The average Bonchev–Trinajstić information content (AvgIpc) is 2.31. The Hall–Kier alpha value is -0.940. The second-order valence-electron chi connectivity index (χ2n) is 3.26. The highest BCUT2D eigenvalue weighted by Gasteiger charge is 2.18. The first-order valence-corrected chi connectivity index (χ1v) is 4.32. The molecule has 3 N–H and O–H groups in total. The maximum absolute atomic E-state index is 9.11. The minimum atomic E-state index is -0.179. The summed E-state index contributed by atoms with van der Waals surface area (Å²) in [5, 5.41) is 13.3. The van der Waals surface area contributed by atoms with E-state index >= 15 is 0 Å². The summed E-state index contributed by atoms with van der Waals surface area (Å²) in [7, 11) is 0. The zero-order valence-electron chi connectivity index (χ0n) is 8.23. The maximum atomic E-state index is 9.11. The summed E-state index contributed by atoms with van der Waals surface area (Å²) in [6.07, 6.45) is 0. The molecule has 0 amide bonds. The molecule has 0 aliphatic heterocycles. The van der Waals surface area contributed by atoms with Gasteiger partial charge in [-0.1, -0.05) is 0 Å². The number of aromatic nitrogens is 3. The first-order chi connectivity index (χ1) is 6.06. The van der Waals surface area contributed by atoms with Crippen LogP contribution >= 0.6 is 0 Å². The lowest BCUT2D eigenvalue weighted by atomic mass is 10.2. The molecule has 0 radical (unpaired) electrons. The molecule has 0 fully saturated rings. The van der Waals surface area contributed by atoms with E-state index in [4.69, 9.17) is 10.8 Å². The normalized spacial score (nSPS) is 15.8. The number of hydrogen-bond donors (Lipinski definition) is 2. The van der Waals surface area contributed by atoms with E-state index in [0.29, 0.717) is 5.82 Å². The molecule has 74 valence electrons. The molecule has 13 heavy (non-hydrogen) atoms. The summed E-state index contributed by atoms with van der Waals surface area (Å²) in [5.41, 5.74) is 5.71. The van der Waals surface area contributed by atoms with E-state index in [1.165, 1.54) is 0 Å². The minimum Gasteiger partial charge on any atom is -0.394 e. The Bertz CT molecular complexity index is 282. The van der Waals surface area contributed by atoms with Crippen LogP contribution < -0.4 is 5.73 Å². The molecular weight excluding hydrogens is 168 g/mol. The van der Waals surface area contributed by atoms with E-state index in [0.717, 1.165) is 5.82 Å². The number of aliphatic hydroxyl groups excluding tert-OH is 1. The number of rotatable bonds is 3. The molecule has 0 aliphatic carbocycles. The van der Waals surface area contributed by atoms with Gasteiger partial charge in [0.25, 0.3) is 0 Å². The van der Waals surface area contributed by atoms with Gasteiger partial charge in [-0.15, -0.1) is 0 Å². The van der Waals surface area contributed by atoms with Crippen LogP contribution in [-0.4, -0.2) is 32.5 Å². The molecule has 0 saturated heterocycles. The number of aliphatic hydroxyl groups is 1. The minimum absolute atomic E-state index is 0.0126. The summed E-state index contributed by atoms with van der Waals surface area (Å²) in [4.78, 5) is 4.15. The van der Waals surface area contributed by atoms with E-state index < -0.39 is 0 Å². The zero-order valence-corrected chi connectivity index (χ0v) is 8.23. The lowest BCUT2D eigenvalue weighted by molar-refractivity contribution is 0.198. The molecule has 0 spiro atoms. The van der Waals surface area contributed by atoms with Crippen molar-refractivity contribution in [2.24, 2.45) is 5.73 Å². The third-order valence-electron chi connectivity index (χ3n) is 2.02. The Morgan fingerprint density at radius 2 is 2.15 bits per heavy atom. The smallest absolute Gasteiger partial charge is 0.147 e. The Kier molecular flexibility index (Phi) is 3.00. The summed E-state index contributed by atoms with van der Waals surface area (Å²) >= 11 is 0. The molecule has 0 aliphatic rings. The quantitative estimate of drug-likeness (QED) is 0.680. The summed E-state index contributed by atoms with van der Waals surface area (Å²) in [6, 6.07) is -0.314. The van der Waals surface area contributed by atoms with Crippen LogP contribution in [0.4, 0.5) is 0 Å². The summed E-state index contributed by atoms with van der Waals surface area (Å²) < 4.78 is 1.68. The Morgan fingerprint density at radius 3 is 2.46 bits per heavy atom. The second-order valence-corrected chi connectivity index (χ2v) is 3.26. The Labute approximate surface area is 77.6 Å². The van der Waals surface area contributed by atoms with Gasteiger partial charge in [0.1, 0.15) is 11.6 Å². The third kappa shape index (κ3) is 2.05. The predicted molar refractivity (Wildman–Crippen MR) is 49.3 cm³/mol. The first kappa shape index (κ1) is 10.1. The summed E-state index contributed by atoms with van der Waals surface area (Å²) in [6.45, 7) is 5.50. The number of aryl methyl sites for hydroxylation is 2. The van der Waals surface area contributed by atoms with Crippen molar-refractivity contribution < 1.29 is 5.11 Å². The van der Waals surface area contributed by atoms with Crippen molar-refractivity contribution >= 4 is 0 Å². The molecule has 5 nitrogen and oxygen atoms in total. The molecule has 1 heterocycles. The topological polar surface area (TPSA) is 77.0 Å². The van der Waals surface area contributed by atoms with Crippen molar-refractivity contribution in [1.29, 1.82) is 0 Å². The molecule has 1 rings (SSSR count). The lowest BCUT2D eigenvalue weighted by Gasteiger charge is -2.19. The number of nitrogens with two attached hydrogens (primary N) is 1. The Balaban J connectivity index is 2.97. The van der Waals surface area contributed by atoms with E-state index in [2.05, 4.69) is 10.1 Å². The lowest BCUT2D eigenvalue weighted by Crippen LogP contribution is -2.33. The van der Waals surface area contributed by atoms with Crippen LogP contribution in [-0.2, 0) is 0 Å². The SMILES string of the molecule is Cc1nc(C)n(C(CO)C(C)N)n1. The highest BCUT2D eigenvalue weighted by Crippen LogP contribution is 2.10. The van der Waals surface area contributed by atoms with Crippen molar-refractivity contribution in [3.63, 3.8) is 0 Å². The number of nitrogens with zero attached hydrogens (tertiary/aromatic N) is 3. The molecular formula is C8H16N4O. The highest BCUT2D eigenvalue weighted by atomic mass is 16.3. The fourth-order valence-corrected chi connectivity index (χ4v) is 1.32. The van der Waals surface area contributed by atoms with E-state index in [9.17, 15) is 0 Å². The van der Waals surface area contributed by atoms with Gasteiger partial charge in [0.05, 0.1) is 12.6 Å². The molecule has 1 aromatic heterocycles. The van der Waals surface area contributed by atoms with Gasteiger partial charge in [0.15, 0.2) is 0 Å². The highest BCUT2D eigenvalue weighted by molar-refractivity contribution is 4.92. The van der Waals surface area contributed by atoms with Gasteiger partial charge in [-0.25, -0.2) is 9.67 Å². The zero-order chi connectivity index (χ0) is 10.0. The molecule has 2 atom stereocenters. The van der Waals surface area contributed by atoms with Gasteiger partial charge in [0.2, 0.25) is 0 Å². The molecule has 2 unspecified atom stereocenters. The predicted octanol–water partition coefficient (Wildman–Crippen LogP) is -0.224. The van der Waals surface area contributed by atoms with Crippen LogP contribution in [0.1, 0.15) is 24.6 Å². The first-order valence-electron chi connectivity index (χ1n) is 4.32. The third-order valence-corrected chi connectivity index (χ3v) is 2.02. The molecule has 0 saturated carbocycles. The number of hydrogen-bond acceptors (Lipinski definition) is 4. The van der Waals surface area contributed by atoms with Gasteiger partial charge >= 0.3 is 0 Å². The average molecular weight is 184 g/mol. The maximum Gasteiger partial charge on any atom is 0.147 e. The van der Waals surface area contributed by atoms with Gasteiger partial charge in [-0.2, -0.15) is 5.10 Å². The largest absolute Gasteiger partial charge is 0.394 e. The Morgan fingerprint density at radius 1 is 1.54 bits per heavy atom. The van der Waals surface area contributed by atoms with Gasteiger partial charge in [-0.05, 0) is 20.8 Å². The fourth-order valence-electron chi connectivity index (χ4n) is 1.32. The van der Waals surface area contributed by atoms with Crippen molar-refractivity contribution in [3.05, 3.63) is 11.6 Å². The van der Waals surface area contributed by atoms with Crippen LogP contribution in [0.15, 0.2) is 0 Å². The molecule has 5 heteroatoms. The van der Waals surface area contributed by atoms with Gasteiger partial charge in [0, 0.05) is 6.04 Å². The van der Waals surface area contributed by atoms with Crippen LogP contribution in [0.25, 0.3) is 0 Å². The van der Waals surface area contributed by atoms with Crippen LogP contribution in [0.2, 0.25) is 0 Å². The van der Waals surface area contributed by atoms with Gasteiger partial charge in [-0.3, -0.25) is 0 Å². The van der Waals surface area contributed by atoms with Crippen LogP contribution in [0.5, 0.6) is 0 Å².